The van der Waals surface area contributed by atoms with E-state index in [9.17, 15) is 4.79 Å². The first-order chi connectivity index (χ1) is 11.7. The van der Waals surface area contributed by atoms with Crippen molar-refractivity contribution in [3.05, 3.63) is 18.2 Å². The van der Waals surface area contributed by atoms with Crippen LogP contribution in [0.25, 0.3) is 0 Å². The Balaban J connectivity index is 1.74. The van der Waals surface area contributed by atoms with Crippen LogP contribution in [0.2, 0.25) is 0 Å². The molecule has 3 heterocycles. The van der Waals surface area contributed by atoms with Crippen LogP contribution in [-0.2, 0) is 9.53 Å². The van der Waals surface area contributed by atoms with Crippen molar-refractivity contribution >= 4 is 5.91 Å². The summed E-state index contributed by atoms with van der Waals surface area (Å²) in [5.41, 5.74) is 0. The largest absolute Gasteiger partial charge is 0.376 e. The fourth-order valence-electron chi connectivity index (χ4n) is 3.99. The topological polar surface area (TPSA) is 61.5 Å². The Morgan fingerprint density at radius 2 is 2.29 bits per heavy atom. The number of rotatable bonds is 5. The molecule has 0 radical (unpaired) electrons. The molecule has 0 bridgehead atoms. The smallest absolute Gasteiger partial charge is 0.240 e. The molecule has 2 aliphatic heterocycles. The molecular weight excluding hydrogens is 304 g/mol. The minimum Gasteiger partial charge on any atom is -0.376 e. The van der Waals surface area contributed by atoms with Crippen LogP contribution in [0, 0.1) is 0 Å². The van der Waals surface area contributed by atoms with E-state index in [1.165, 1.54) is 0 Å². The van der Waals surface area contributed by atoms with Crippen molar-refractivity contribution in [1.82, 2.24) is 19.8 Å². The highest BCUT2D eigenvalue weighted by molar-refractivity contribution is 5.82. The average Bonchev–Trinajstić information content (AvgIpc) is 3.17. The molecule has 6 nitrogen and oxygen atoms in total. The van der Waals surface area contributed by atoms with Crippen LogP contribution in [0.5, 0.6) is 0 Å². The van der Waals surface area contributed by atoms with Crippen molar-refractivity contribution in [2.75, 3.05) is 26.2 Å². The van der Waals surface area contributed by atoms with Gasteiger partial charge in [-0.3, -0.25) is 9.69 Å². The standard InChI is InChI=1S/C18H30N4O2/c1-3-14-13-21(11-12-24-14)15(4-2)18(23)22-10-6-5-7-16(22)17-19-8-9-20-17/h8-9,14-16H,3-7,10-13H2,1-2H3,(H,19,20)/t14-,15+,16-/m1/s1. The predicted molar refractivity (Wildman–Crippen MR) is 92.6 cm³/mol. The Hall–Kier alpha value is -1.40. The molecule has 1 aromatic rings. The lowest BCUT2D eigenvalue weighted by atomic mass is 9.99. The van der Waals surface area contributed by atoms with E-state index in [0.717, 1.165) is 64.2 Å². The quantitative estimate of drug-likeness (QED) is 0.898. The van der Waals surface area contributed by atoms with Gasteiger partial charge in [-0.25, -0.2) is 4.98 Å². The molecule has 0 saturated carbocycles. The second kappa shape index (κ2) is 8.12. The molecule has 3 atom stereocenters. The first kappa shape index (κ1) is 17.4. The van der Waals surface area contributed by atoms with Gasteiger partial charge in [0.1, 0.15) is 5.82 Å². The number of carbonyl (C=O) groups is 1. The summed E-state index contributed by atoms with van der Waals surface area (Å²) in [6, 6.07) is 0.0526. The van der Waals surface area contributed by atoms with E-state index in [1.54, 1.807) is 6.20 Å². The molecule has 1 amide bonds. The summed E-state index contributed by atoms with van der Waals surface area (Å²) in [5, 5.41) is 0. The Morgan fingerprint density at radius 3 is 3.00 bits per heavy atom. The highest BCUT2D eigenvalue weighted by Gasteiger charge is 2.36. The van der Waals surface area contributed by atoms with Gasteiger partial charge in [-0.2, -0.15) is 0 Å². The third-order valence-electron chi connectivity index (χ3n) is 5.36. The number of piperidine rings is 1. The number of amides is 1. The summed E-state index contributed by atoms with van der Waals surface area (Å²) in [4.78, 5) is 25.3. The summed E-state index contributed by atoms with van der Waals surface area (Å²) in [5.74, 6) is 1.18. The minimum atomic E-state index is -0.0430. The van der Waals surface area contributed by atoms with Gasteiger partial charge in [-0.15, -0.1) is 0 Å². The summed E-state index contributed by atoms with van der Waals surface area (Å²) >= 11 is 0. The molecule has 1 N–H and O–H groups in total. The summed E-state index contributed by atoms with van der Waals surface area (Å²) in [6.07, 6.45) is 8.95. The number of hydrogen-bond donors (Lipinski definition) is 1. The highest BCUT2D eigenvalue weighted by Crippen LogP contribution is 2.30. The van der Waals surface area contributed by atoms with Gasteiger partial charge < -0.3 is 14.6 Å². The molecule has 24 heavy (non-hydrogen) atoms. The van der Waals surface area contributed by atoms with Gasteiger partial charge >= 0.3 is 0 Å². The van der Waals surface area contributed by atoms with Crippen molar-refractivity contribution in [3.8, 4) is 0 Å². The summed E-state index contributed by atoms with van der Waals surface area (Å²) < 4.78 is 5.78. The first-order valence-electron chi connectivity index (χ1n) is 9.40. The third kappa shape index (κ3) is 3.64. The number of likely N-dealkylation sites (tertiary alicyclic amines) is 1. The number of ether oxygens (including phenoxy) is 1. The van der Waals surface area contributed by atoms with E-state index in [0.29, 0.717) is 0 Å². The molecule has 3 rings (SSSR count). The van der Waals surface area contributed by atoms with Crippen LogP contribution in [0.4, 0.5) is 0 Å². The van der Waals surface area contributed by atoms with Crippen molar-refractivity contribution in [2.45, 2.75) is 64.1 Å². The lowest BCUT2D eigenvalue weighted by molar-refractivity contribution is -0.144. The fourth-order valence-corrected chi connectivity index (χ4v) is 3.99. The van der Waals surface area contributed by atoms with E-state index in [2.05, 4.69) is 33.6 Å². The zero-order valence-electron chi connectivity index (χ0n) is 14.9. The molecule has 134 valence electrons. The van der Waals surface area contributed by atoms with Gasteiger partial charge in [-0.05, 0) is 32.1 Å². The molecule has 1 aromatic heterocycles. The molecule has 2 aliphatic rings. The first-order valence-corrected chi connectivity index (χ1v) is 9.40. The number of nitrogens with one attached hydrogen (secondary N) is 1. The van der Waals surface area contributed by atoms with E-state index >= 15 is 0 Å². The van der Waals surface area contributed by atoms with Gasteiger partial charge in [-0.1, -0.05) is 13.8 Å². The second-order valence-electron chi connectivity index (χ2n) is 6.84. The van der Waals surface area contributed by atoms with Crippen LogP contribution in [0.1, 0.15) is 57.8 Å². The molecule has 0 spiro atoms. The lowest BCUT2D eigenvalue weighted by Gasteiger charge is -2.42. The Morgan fingerprint density at radius 1 is 1.42 bits per heavy atom. The van der Waals surface area contributed by atoms with Crippen LogP contribution in [0.15, 0.2) is 12.4 Å². The number of morpholine rings is 1. The monoisotopic (exact) mass is 334 g/mol. The minimum absolute atomic E-state index is 0.0430. The number of nitrogens with zero attached hydrogens (tertiary/aromatic N) is 3. The van der Waals surface area contributed by atoms with Gasteiger partial charge in [0.05, 0.1) is 24.8 Å². The van der Waals surface area contributed by atoms with E-state index < -0.39 is 0 Å². The Labute approximate surface area is 144 Å². The molecule has 6 heteroatoms. The van der Waals surface area contributed by atoms with Gasteiger partial charge in [0, 0.05) is 32.0 Å². The maximum Gasteiger partial charge on any atom is 0.240 e. The van der Waals surface area contributed by atoms with Crippen LogP contribution >= 0.6 is 0 Å². The predicted octanol–water partition coefficient (Wildman–Crippen LogP) is 2.35. The van der Waals surface area contributed by atoms with Crippen LogP contribution < -0.4 is 0 Å². The average molecular weight is 334 g/mol. The zero-order chi connectivity index (χ0) is 16.9. The van der Waals surface area contributed by atoms with E-state index in [-0.39, 0.29) is 24.1 Å². The van der Waals surface area contributed by atoms with Crippen molar-refractivity contribution < 1.29 is 9.53 Å². The van der Waals surface area contributed by atoms with E-state index in [1.807, 2.05) is 6.20 Å². The maximum absolute atomic E-state index is 13.3. The summed E-state index contributed by atoms with van der Waals surface area (Å²) in [6.45, 7) is 7.53. The van der Waals surface area contributed by atoms with Crippen molar-refractivity contribution in [2.24, 2.45) is 0 Å². The number of hydrogen-bond acceptors (Lipinski definition) is 4. The maximum atomic E-state index is 13.3. The number of carbonyl (C=O) groups excluding carboxylic acids is 1. The van der Waals surface area contributed by atoms with Gasteiger partial charge in [0.15, 0.2) is 0 Å². The number of H-pyrrole nitrogens is 1. The Kier molecular flexibility index (Phi) is 5.89. The lowest BCUT2D eigenvalue weighted by Crippen LogP contribution is -2.55. The number of aromatic amines is 1. The zero-order valence-corrected chi connectivity index (χ0v) is 14.9. The van der Waals surface area contributed by atoms with Crippen LogP contribution in [0.3, 0.4) is 0 Å². The van der Waals surface area contributed by atoms with Crippen molar-refractivity contribution in [3.63, 3.8) is 0 Å². The number of imidazole rings is 1. The van der Waals surface area contributed by atoms with Gasteiger partial charge in [0.25, 0.3) is 0 Å². The molecule has 0 unspecified atom stereocenters. The molecular formula is C18H30N4O2. The molecule has 0 aromatic carbocycles. The third-order valence-corrected chi connectivity index (χ3v) is 5.36. The summed E-state index contributed by atoms with van der Waals surface area (Å²) in [7, 11) is 0. The molecule has 2 fully saturated rings. The molecule has 2 saturated heterocycles. The normalized spacial score (nSPS) is 27.2. The Bertz CT molecular complexity index is 519. The highest BCUT2D eigenvalue weighted by atomic mass is 16.5. The fraction of sp³-hybridized carbons (Fsp3) is 0.778. The second-order valence-corrected chi connectivity index (χ2v) is 6.84. The molecule has 0 aliphatic carbocycles. The van der Waals surface area contributed by atoms with Crippen LogP contribution in [-0.4, -0.2) is 64.1 Å². The van der Waals surface area contributed by atoms with Gasteiger partial charge in [0.2, 0.25) is 5.91 Å². The number of aromatic nitrogens is 2. The SMILES string of the molecule is CC[C@@H]1CN([C@@H](CC)C(=O)N2CCCC[C@@H]2c2ncc[nH]2)CCO1. The van der Waals surface area contributed by atoms with Crippen molar-refractivity contribution in [1.29, 1.82) is 0 Å². The van der Waals surface area contributed by atoms with E-state index in [4.69, 9.17) is 4.74 Å².